The molecule has 0 saturated carbocycles. The smallest absolute Gasteiger partial charge is 0.253 e. The van der Waals surface area contributed by atoms with Gasteiger partial charge in [0.25, 0.3) is 5.91 Å². The van der Waals surface area contributed by atoms with Crippen LogP contribution in [0.1, 0.15) is 27.5 Å². The molecule has 5 nitrogen and oxygen atoms in total. The molecule has 0 fully saturated rings. The molecule has 116 valence electrons. The second-order valence-electron chi connectivity index (χ2n) is 5.28. The van der Waals surface area contributed by atoms with Gasteiger partial charge in [0.05, 0.1) is 17.0 Å². The predicted octanol–water partition coefficient (Wildman–Crippen LogP) is 2.77. The first-order chi connectivity index (χ1) is 10.8. The highest BCUT2D eigenvalue weighted by Gasteiger charge is 2.29. The van der Waals surface area contributed by atoms with E-state index in [2.05, 4.69) is 32.4 Å². The molecular weight excluding hydrogens is 312 g/mol. The van der Waals surface area contributed by atoms with Crippen LogP contribution in [0.2, 0.25) is 0 Å². The topological polar surface area (TPSA) is 70.7 Å². The van der Waals surface area contributed by atoms with E-state index in [0.29, 0.717) is 12.1 Å². The number of nitrogens with one attached hydrogen (secondary N) is 2. The van der Waals surface area contributed by atoms with Gasteiger partial charge in [-0.2, -0.15) is 0 Å². The number of aromatic amines is 1. The van der Waals surface area contributed by atoms with Crippen LogP contribution in [-0.4, -0.2) is 27.4 Å². The van der Waals surface area contributed by atoms with Gasteiger partial charge < -0.3 is 10.3 Å². The summed E-state index contributed by atoms with van der Waals surface area (Å²) in [7, 11) is 0. The van der Waals surface area contributed by atoms with E-state index in [1.54, 1.807) is 6.20 Å². The molecule has 1 aliphatic rings. The van der Waals surface area contributed by atoms with Gasteiger partial charge in [-0.3, -0.25) is 4.79 Å². The maximum absolute atomic E-state index is 12.1. The second-order valence-corrected chi connectivity index (χ2v) is 5.28. The van der Waals surface area contributed by atoms with Crippen molar-refractivity contribution in [3.8, 4) is 11.4 Å². The van der Waals surface area contributed by atoms with Gasteiger partial charge in [0, 0.05) is 24.4 Å². The number of H-pyrrole nitrogens is 1. The van der Waals surface area contributed by atoms with E-state index in [4.69, 9.17) is 0 Å². The van der Waals surface area contributed by atoms with Crippen LogP contribution in [0.3, 0.4) is 0 Å². The summed E-state index contributed by atoms with van der Waals surface area (Å²) in [5.74, 6) is 0.0863. The van der Waals surface area contributed by atoms with E-state index >= 15 is 0 Å². The fourth-order valence-corrected chi connectivity index (χ4v) is 2.88. The minimum Gasteiger partial charge on any atom is -0.356 e. The minimum atomic E-state index is -0.0428. The molecule has 0 saturated heterocycles. The van der Waals surface area contributed by atoms with Gasteiger partial charge >= 0.3 is 0 Å². The van der Waals surface area contributed by atoms with Crippen molar-refractivity contribution in [1.29, 1.82) is 0 Å². The molecule has 1 aromatic carbocycles. The number of carbonyl (C=O) groups is 1. The second kappa shape index (κ2) is 6.22. The lowest BCUT2D eigenvalue weighted by atomic mass is 9.90. The van der Waals surface area contributed by atoms with Crippen molar-refractivity contribution in [2.45, 2.75) is 5.92 Å². The zero-order valence-corrected chi connectivity index (χ0v) is 13.0. The van der Waals surface area contributed by atoms with Gasteiger partial charge in [0.15, 0.2) is 0 Å². The number of amides is 1. The fourth-order valence-electron chi connectivity index (χ4n) is 2.88. The number of nitrogens with zero attached hydrogens (tertiary/aromatic N) is 2. The summed E-state index contributed by atoms with van der Waals surface area (Å²) in [6, 6.07) is 13.9. The Kier molecular flexibility index (Phi) is 4.12. The Labute approximate surface area is 139 Å². The van der Waals surface area contributed by atoms with Crippen molar-refractivity contribution in [1.82, 2.24) is 20.3 Å². The summed E-state index contributed by atoms with van der Waals surface area (Å²) in [4.78, 5) is 23.7. The van der Waals surface area contributed by atoms with Gasteiger partial charge in [-0.05, 0) is 17.7 Å². The van der Waals surface area contributed by atoms with Crippen LogP contribution in [0.4, 0.5) is 0 Å². The first kappa shape index (κ1) is 15.2. The van der Waals surface area contributed by atoms with E-state index in [1.165, 1.54) is 11.9 Å². The number of hydrogen-bond acceptors (Lipinski definition) is 3. The van der Waals surface area contributed by atoms with Gasteiger partial charge in [-0.1, -0.05) is 30.3 Å². The van der Waals surface area contributed by atoms with E-state index < -0.39 is 0 Å². The third kappa shape index (κ3) is 2.71. The standard InChI is InChI=1S/C17H14N4O.ClH/c22-17-12-8-15(14-6-7-18-10-20-14)21-16(12)13(9-19-17)11-4-2-1-3-5-11;/h1-8,10,13,21H,9H2,(H,19,22);1H. The summed E-state index contributed by atoms with van der Waals surface area (Å²) in [6.45, 7) is 0.597. The molecule has 1 atom stereocenters. The Balaban J connectivity index is 0.00000156. The Morgan fingerprint density at radius 3 is 2.70 bits per heavy atom. The molecule has 1 amide bonds. The van der Waals surface area contributed by atoms with Crippen molar-refractivity contribution in [3.05, 3.63) is 71.8 Å². The van der Waals surface area contributed by atoms with Crippen LogP contribution in [0, 0.1) is 0 Å². The first-order valence-electron chi connectivity index (χ1n) is 7.15. The molecule has 2 N–H and O–H groups in total. The molecule has 0 radical (unpaired) electrons. The molecule has 3 aromatic rings. The summed E-state index contributed by atoms with van der Waals surface area (Å²) >= 11 is 0. The first-order valence-corrected chi connectivity index (χ1v) is 7.15. The molecule has 1 aliphatic heterocycles. The average molecular weight is 327 g/mol. The number of halogens is 1. The number of aromatic nitrogens is 3. The van der Waals surface area contributed by atoms with Crippen LogP contribution in [0.5, 0.6) is 0 Å². The SMILES string of the molecule is Cl.O=C1NCC(c2ccccc2)c2[nH]c(-c3ccncn3)cc21. The number of rotatable bonds is 2. The molecule has 23 heavy (non-hydrogen) atoms. The Morgan fingerprint density at radius 1 is 1.13 bits per heavy atom. The highest BCUT2D eigenvalue weighted by atomic mass is 35.5. The molecule has 2 aromatic heterocycles. The van der Waals surface area contributed by atoms with E-state index in [-0.39, 0.29) is 24.2 Å². The number of fused-ring (bicyclic) bond motifs is 1. The van der Waals surface area contributed by atoms with Crippen LogP contribution in [-0.2, 0) is 0 Å². The van der Waals surface area contributed by atoms with E-state index in [9.17, 15) is 4.79 Å². The highest BCUT2D eigenvalue weighted by molar-refractivity contribution is 5.98. The predicted molar refractivity (Wildman–Crippen MR) is 89.7 cm³/mol. The zero-order chi connectivity index (χ0) is 14.9. The molecule has 0 aliphatic carbocycles. The van der Waals surface area contributed by atoms with Crippen molar-refractivity contribution in [2.75, 3.05) is 6.54 Å². The van der Waals surface area contributed by atoms with Crippen molar-refractivity contribution >= 4 is 18.3 Å². The van der Waals surface area contributed by atoms with Crippen molar-refractivity contribution in [3.63, 3.8) is 0 Å². The van der Waals surface area contributed by atoms with Crippen LogP contribution < -0.4 is 5.32 Å². The molecule has 6 heteroatoms. The van der Waals surface area contributed by atoms with Crippen molar-refractivity contribution < 1.29 is 4.79 Å². The summed E-state index contributed by atoms with van der Waals surface area (Å²) in [6.07, 6.45) is 3.20. The number of benzene rings is 1. The lowest BCUT2D eigenvalue weighted by Crippen LogP contribution is -2.35. The van der Waals surface area contributed by atoms with Gasteiger partial charge in [0.1, 0.15) is 6.33 Å². The Bertz CT molecular complexity index is 817. The number of hydrogen-bond donors (Lipinski definition) is 2. The molecule has 3 heterocycles. The summed E-state index contributed by atoms with van der Waals surface area (Å²) in [5, 5.41) is 2.96. The number of carbonyl (C=O) groups excluding carboxylic acids is 1. The zero-order valence-electron chi connectivity index (χ0n) is 12.2. The maximum Gasteiger partial charge on any atom is 0.253 e. The minimum absolute atomic E-state index is 0. The van der Waals surface area contributed by atoms with Crippen LogP contribution >= 0.6 is 12.4 Å². The van der Waals surface area contributed by atoms with E-state index in [1.807, 2.05) is 30.3 Å². The molecule has 0 spiro atoms. The lowest BCUT2D eigenvalue weighted by Gasteiger charge is -2.23. The highest BCUT2D eigenvalue weighted by Crippen LogP contribution is 2.32. The lowest BCUT2D eigenvalue weighted by molar-refractivity contribution is 0.0942. The van der Waals surface area contributed by atoms with Gasteiger partial charge in [-0.25, -0.2) is 9.97 Å². The van der Waals surface area contributed by atoms with Crippen molar-refractivity contribution in [2.24, 2.45) is 0 Å². The molecule has 4 rings (SSSR count). The Hall–Kier alpha value is -2.66. The third-order valence-electron chi connectivity index (χ3n) is 3.97. The van der Waals surface area contributed by atoms with Gasteiger partial charge in [0.2, 0.25) is 0 Å². The van der Waals surface area contributed by atoms with Crippen LogP contribution in [0.25, 0.3) is 11.4 Å². The maximum atomic E-state index is 12.1. The molecule has 1 unspecified atom stereocenters. The average Bonchev–Trinajstić information content (AvgIpc) is 3.03. The molecular formula is C17H15ClN4O. The normalized spacial score (nSPS) is 16.2. The largest absolute Gasteiger partial charge is 0.356 e. The summed E-state index contributed by atoms with van der Waals surface area (Å²) in [5.41, 5.74) is 4.44. The van der Waals surface area contributed by atoms with Gasteiger partial charge in [-0.15, -0.1) is 12.4 Å². The van der Waals surface area contributed by atoms with Crippen LogP contribution in [0.15, 0.2) is 55.0 Å². The van der Waals surface area contributed by atoms with E-state index in [0.717, 1.165) is 17.1 Å². The Morgan fingerprint density at radius 2 is 1.96 bits per heavy atom. The molecule has 0 bridgehead atoms. The summed E-state index contributed by atoms with van der Waals surface area (Å²) < 4.78 is 0. The quantitative estimate of drug-likeness (QED) is 0.760. The third-order valence-corrected chi connectivity index (χ3v) is 3.97. The monoisotopic (exact) mass is 326 g/mol. The fraction of sp³-hybridized carbons (Fsp3) is 0.118.